The molecule has 0 unspecified atom stereocenters. The molecule has 0 saturated carbocycles. The summed E-state index contributed by atoms with van der Waals surface area (Å²) < 4.78 is 10.7. The maximum Gasteiger partial charge on any atom is 0.137 e. The molecule has 2 rings (SSSR count). The van der Waals surface area contributed by atoms with Crippen LogP contribution in [0.15, 0.2) is 42.6 Å². The second kappa shape index (κ2) is 6.75. The second-order valence-electron chi connectivity index (χ2n) is 4.09. The lowest BCUT2D eigenvalue weighted by Crippen LogP contribution is -2.02. The minimum atomic E-state index is -0.0495. The molecule has 0 aliphatic heterocycles. The minimum absolute atomic E-state index is 0.0495. The molecule has 1 aromatic heterocycles. The Kier molecular flexibility index (Phi) is 4.75. The first-order chi connectivity index (χ1) is 9.31. The summed E-state index contributed by atoms with van der Waals surface area (Å²) in [7, 11) is 1.65. The number of hydrogen-bond donors (Lipinski definition) is 1. The molecular weight excluding hydrogens is 242 g/mol. The van der Waals surface area contributed by atoms with E-state index in [4.69, 9.17) is 14.6 Å². The smallest absolute Gasteiger partial charge is 0.137 e. The number of nitrogens with zero attached hydrogens (tertiary/aromatic N) is 1. The zero-order chi connectivity index (χ0) is 13.5. The van der Waals surface area contributed by atoms with E-state index in [1.807, 2.05) is 30.3 Å². The zero-order valence-corrected chi connectivity index (χ0v) is 10.9. The van der Waals surface area contributed by atoms with E-state index < -0.39 is 0 Å². The SMILES string of the molecule is COc1ccc(CCOc2ccc(CO)nc2)cc1. The van der Waals surface area contributed by atoms with Crippen LogP contribution in [0.25, 0.3) is 0 Å². The Labute approximate surface area is 112 Å². The lowest BCUT2D eigenvalue weighted by Gasteiger charge is -2.07. The van der Waals surface area contributed by atoms with Crippen LogP contribution in [0.2, 0.25) is 0 Å². The largest absolute Gasteiger partial charge is 0.497 e. The predicted octanol–water partition coefficient (Wildman–Crippen LogP) is 2.20. The van der Waals surface area contributed by atoms with Crippen molar-refractivity contribution in [3.8, 4) is 11.5 Å². The monoisotopic (exact) mass is 259 g/mol. The van der Waals surface area contributed by atoms with Gasteiger partial charge in [0.25, 0.3) is 0 Å². The predicted molar refractivity (Wildman–Crippen MR) is 72.4 cm³/mol. The number of rotatable bonds is 6. The summed E-state index contributed by atoms with van der Waals surface area (Å²) in [5.74, 6) is 1.57. The summed E-state index contributed by atoms with van der Waals surface area (Å²) >= 11 is 0. The standard InChI is InChI=1S/C15H17NO3/c1-18-14-5-2-12(3-6-14)8-9-19-15-7-4-13(11-17)16-10-15/h2-7,10,17H,8-9,11H2,1H3. The van der Waals surface area contributed by atoms with Gasteiger partial charge in [-0.1, -0.05) is 12.1 Å². The first-order valence-corrected chi connectivity index (χ1v) is 6.13. The highest BCUT2D eigenvalue weighted by Crippen LogP contribution is 2.13. The van der Waals surface area contributed by atoms with E-state index in [2.05, 4.69) is 4.98 Å². The van der Waals surface area contributed by atoms with Crippen LogP contribution in [-0.4, -0.2) is 23.8 Å². The van der Waals surface area contributed by atoms with Gasteiger partial charge in [-0.25, -0.2) is 0 Å². The Hall–Kier alpha value is -2.07. The van der Waals surface area contributed by atoms with Crippen LogP contribution in [0.4, 0.5) is 0 Å². The van der Waals surface area contributed by atoms with Gasteiger partial charge < -0.3 is 14.6 Å². The van der Waals surface area contributed by atoms with Crippen molar-refractivity contribution in [2.24, 2.45) is 0 Å². The Morgan fingerprint density at radius 2 is 1.79 bits per heavy atom. The third kappa shape index (κ3) is 3.96. The van der Waals surface area contributed by atoms with Crippen molar-refractivity contribution in [2.75, 3.05) is 13.7 Å². The van der Waals surface area contributed by atoms with Crippen LogP contribution in [0.3, 0.4) is 0 Å². The Balaban J connectivity index is 1.81. The Morgan fingerprint density at radius 3 is 2.37 bits per heavy atom. The van der Waals surface area contributed by atoms with E-state index in [1.54, 1.807) is 19.4 Å². The molecule has 0 aliphatic rings. The number of ether oxygens (including phenoxy) is 2. The van der Waals surface area contributed by atoms with Crippen molar-refractivity contribution in [3.05, 3.63) is 53.9 Å². The third-order valence-corrected chi connectivity index (χ3v) is 2.78. The van der Waals surface area contributed by atoms with Crippen LogP contribution in [0, 0.1) is 0 Å². The summed E-state index contributed by atoms with van der Waals surface area (Å²) in [4.78, 5) is 4.05. The van der Waals surface area contributed by atoms with Crippen molar-refractivity contribution < 1.29 is 14.6 Å². The Morgan fingerprint density at radius 1 is 1.05 bits per heavy atom. The summed E-state index contributed by atoms with van der Waals surface area (Å²) in [5, 5.41) is 8.88. The normalized spacial score (nSPS) is 10.2. The average Bonchev–Trinajstić information content (AvgIpc) is 2.49. The van der Waals surface area contributed by atoms with E-state index in [1.165, 1.54) is 5.56 Å². The molecule has 0 saturated heterocycles. The average molecular weight is 259 g/mol. The quantitative estimate of drug-likeness (QED) is 0.864. The molecule has 4 nitrogen and oxygen atoms in total. The molecule has 1 heterocycles. The maximum absolute atomic E-state index is 8.88. The topological polar surface area (TPSA) is 51.6 Å². The number of methoxy groups -OCH3 is 1. The van der Waals surface area contributed by atoms with Crippen molar-refractivity contribution in [2.45, 2.75) is 13.0 Å². The number of aliphatic hydroxyl groups excluding tert-OH is 1. The summed E-state index contributed by atoms with van der Waals surface area (Å²) in [6, 6.07) is 11.5. The van der Waals surface area contributed by atoms with Crippen molar-refractivity contribution >= 4 is 0 Å². The first kappa shape index (κ1) is 13.4. The van der Waals surface area contributed by atoms with E-state index in [0.29, 0.717) is 18.1 Å². The molecule has 0 amide bonds. The maximum atomic E-state index is 8.88. The lowest BCUT2D eigenvalue weighted by molar-refractivity contribution is 0.275. The van der Waals surface area contributed by atoms with Crippen LogP contribution >= 0.6 is 0 Å². The highest BCUT2D eigenvalue weighted by Gasteiger charge is 1.98. The third-order valence-electron chi connectivity index (χ3n) is 2.78. The summed E-state index contributed by atoms with van der Waals surface area (Å²) in [6.07, 6.45) is 2.45. The van der Waals surface area contributed by atoms with Gasteiger partial charge in [0.05, 0.1) is 32.2 Å². The van der Waals surface area contributed by atoms with Gasteiger partial charge in [-0.15, -0.1) is 0 Å². The minimum Gasteiger partial charge on any atom is -0.497 e. The highest BCUT2D eigenvalue weighted by atomic mass is 16.5. The van der Waals surface area contributed by atoms with Crippen LogP contribution < -0.4 is 9.47 Å². The molecule has 0 atom stereocenters. The van der Waals surface area contributed by atoms with Crippen molar-refractivity contribution in [1.29, 1.82) is 0 Å². The van der Waals surface area contributed by atoms with Gasteiger partial charge in [-0.3, -0.25) is 4.98 Å². The molecule has 4 heteroatoms. The molecular formula is C15H17NO3. The number of aromatic nitrogens is 1. The molecule has 100 valence electrons. The van der Waals surface area contributed by atoms with Crippen LogP contribution in [0.5, 0.6) is 11.5 Å². The van der Waals surface area contributed by atoms with Gasteiger partial charge in [-0.2, -0.15) is 0 Å². The van der Waals surface area contributed by atoms with Crippen molar-refractivity contribution in [3.63, 3.8) is 0 Å². The van der Waals surface area contributed by atoms with Crippen LogP contribution in [-0.2, 0) is 13.0 Å². The molecule has 2 aromatic rings. The molecule has 0 aliphatic carbocycles. The molecule has 19 heavy (non-hydrogen) atoms. The second-order valence-corrected chi connectivity index (χ2v) is 4.09. The number of benzene rings is 1. The lowest BCUT2D eigenvalue weighted by atomic mass is 10.1. The first-order valence-electron chi connectivity index (χ1n) is 6.13. The van der Waals surface area contributed by atoms with Gasteiger partial charge in [0, 0.05) is 6.42 Å². The van der Waals surface area contributed by atoms with E-state index in [9.17, 15) is 0 Å². The van der Waals surface area contributed by atoms with Gasteiger partial charge in [0.2, 0.25) is 0 Å². The molecule has 0 radical (unpaired) electrons. The van der Waals surface area contributed by atoms with Gasteiger partial charge in [0.1, 0.15) is 11.5 Å². The highest BCUT2D eigenvalue weighted by molar-refractivity contribution is 5.27. The molecule has 1 aromatic carbocycles. The van der Waals surface area contributed by atoms with Crippen molar-refractivity contribution in [1.82, 2.24) is 4.98 Å². The molecule has 1 N–H and O–H groups in total. The molecule has 0 fully saturated rings. The molecule has 0 bridgehead atoms. The fourth-order valence-corrected chi connectivity index (χ4v) is 1.67. The number of hydrogen-bond acceptors (Lipinski definition) is 4. The van der Waals surface area contributed by atoms with Gasteiger partial charge in [-0.05, 0) is 29.8 Å². The number of pyridine rings is 1. The fraction of sp³-hybridized carbons (Fsp3) is 0.267. The van der Waals surface area contributed by atoms with Gasteiger partial charge >= 0.3 is 0 Å². The summed E-state index contributed by atoms with van der Waals surface area (Å²) in [5.41, 5.74) is 1.84. The van der Waals surface area contributed by atoms with E-state index in [0.717, 1.165) is 12.2 Å². The summed E-state index contributed by atoms with van der Waals surface area (Å²) in [6.45, 7) is 0.540. The number of aliphatic hydroxyl groups is 1. The zero-order valence-electron chi connectivity index (χ0n) is 10.9. The van der Waals surface area contributed by atoms with E-state index >= 15 is 0 Å². The Bertz CT molecular complexity index is 446. The van der Waals surface area contributed by atoms with E-state index in [-0.39, 0.29) is 6.61 Å². The van der Waals surface area contributed by atoms with Gasteiger partial charge in [0.15, 0.2) is 0 Å². The molecule has 0 spiro atoms. The fourth-order valence-electron chi connectivity index (χ4n) is 1.67. The van der Waals surface area contributed by atoms with Crippen LogP contribution in [0.1, 0.15) is 11.3 Å².